The van der Waals surface area contributed by atoms with Crippen molar-refractivity contribution in [3.05, 3.63) is 82.9 Å². The van der Waals surface area contributed by atoms with E-state index >= 15 is 0 Å². The molecule has 1 amide bonds. The molecule has 0 radical (unpaired) electrons. The summed E-state index contributed by atoms with van der Waals surface area (Å²) in [5.41, 5.74) is 6.35. The van der Waals surface area contributed by atoms with E-state index in [1.165, 1.54) is 5.56 Å². The van der Waals surface area contributed by atoms with Crippen molar-refractivity contribution in [3.8, 4) is 0 Å². The molecule has 37 heavy (non-hydrogen) atoms. The van der Waals surface area contributed by atoms with E-state index in [2.05, 4.69) is 57.9 Å². The van der Waals surface area contributed by atoms with Crippen LogP contribution in [0.15, 0.2) is 54.9 Å². The molecular formula is C27H31F3N4O3. The Hall–Kier alpha value is -3.66. The second-order valence-electron chi connectivity index (χ2n) is 9.30. The van der Waals surface area contributed by atoms with Crippen LogP contribution in [0.4, 0.5) is 18.9 Å². The van der Waals surface area contributed by atoms with E-state index in [0.29, 0.717) is 0 Å². The van der Waals surface area contributed by atoms with Gasteiger partial charge in [-0.15, -0.1) is 0 Å². The molecule has 0 spiro atoms. The number of amides is 1. The Bertz CT molecular complexity index is 1240. The number of carbonyl (C=O) groups excluding carboxylic acids is 1. The summed E-state index contributed by atoms with van der Waals surface area (Å²) >= 11 is 0. The van der Waals surface area contributed by atoms with E-state index in [1.54, 1.807) is 0 Å². The summed E-state index contributed by atoms with van der Waals surface area (Å²) in [4.78, 5) is 29.5. The number of alkyl halides is 3. The fraction of sp³-hybridized carbons (Fsp3) is 0.370. The maximum Gasteiger partial charge on any atom is 0.490 e. The van der Waals surface area contributed by atoms with E-state index in [1.807, 2.05) is 44.4 Å². The van der Waals surface area contributed by atoms with E-state index in [9.17, 15) is 18.0 Å². The average Bonchev–Trinajstić information content (AvgIpc) is 3.26. The lowest BCUT2D eigenvalue weighted by Gasteiger charge is -2.36. The first-order chi connectivity index (χ1) is 17.4. The van der Waals surface area contributed by atoms with Gasteiger partial charge in [0.15, 0.2) is 0 Å². The monoisotopic (exact) mass is 516 g/mol. The number of carbonyl (C=O) groups is 2. The molecule has 2 heterocycles. The van der Waals surface area contributed by atoms with Crippen LogP contribution in [0.2, 0.25) is 0 Å². The molecule has 1 aromatic heterocycles. The Morgan fingerprint density at radius 3 is 2.38 bits per heavy atom. The number of anilines is 1. The van der Waals surface area contributed by atoms with Gasteiger partial charge in [0.1, 0.15) is 6.04 Å². The van der Waals surface area contributed by atoms with Crippen molar-refractivity contribution < 1.29 is 27.9 Å². The third kappa shape index (κ3) is 6.97. The Labute approximate surface area is 213 Å². The number of carboxylic acid groups (broad SMARTS) is 1. The van der Waals surface area contributed by atoms with Crippen molar-refractivity contribution in [2.45, 2.75) is 58.9 Å². The van der Waals surface area contributed by atoms with Crippen molar-refractivity contribution in [2.24, 2.45) is 0 Å². The number of rotatable bonds is 5. The summed E-state index contributed by atoms with van der Waals surface area (Å²) in [7, 11) is 0. The number of hydrogen-bond donors (Lipinski definition) is 2. The van der Waals surface area contributed by atoms with Gasteiger partial charge in [-0.05, 0) is 50.5 Å². The minimum atomic E-state index is -5.08. The Morgan fingerprint density at radius 2 is 1.78 bits per heavy atom. The minimum absolute atomic E-state index is 0.00276. The third-order valence-electron chi connectivity index (χ3n) is 6.10. The first-order valence-corrected chi connectivity index (χ1v) is 11.9. The molecule has 4 rings (SSSR count). The van der Waals surface area contributed by atoms with Crippen molar-refractivity contribution in [3.63, 3.8) is 0 Å². The molecule has 0 saturated carbocycles. The summed E-state index contributed by atoms with van der Waals surface area (Å²) in [6, 6.07) is 16.4. The van der Waals surface area contributed by atoms with Gasteiger partial charge in [-0.25, -0.2) is 9.78 Å². The van der Waals surface area contributed by atoms with Gasteiger partial charge in [-0.1, -0.05) is 42.5 Å². The van der Waals surface area contributed by atoms with Crippen LogP contribution in [0, 0.1) is 13.8 Å². The molecule has 1 atom stereocenters. The van der Waals surface area contributed by atoms with E-state index < -0.39 is 12.1 Å². The maximum absolute atomic E-state index is 13.7. The third-order valence-corrected chi connectivity index (χ3v) is 6.10. The summed E-state index contributed by atoms with van der Waals surface area (Å²) in [5, 5.41) is 10.3. The van der Waals surface area contributed by atoms with Gasteiger partial charge in [0, 0.05) is 31.2 Å². The highest BCUT2D eigenvalue weighted by Crippen LogP contribution is 2.33. The van der Waals surface area contributed by atoms with Crippen LogP contribution in [0.25, 0.3) is 0 Å². The van der Waals surface area contributed by atoms with Crippen LogP contribution in [0.3, 0.4) is 0 Å². The fourth-order valence-electron chi connectivity index (χ4n) is 4.21. The number of halogens is 3. The second-order valence-corrected chi connectivity index (χ2v) is 9.30. The highest BCUT2D eigenvalue weighted by Gasteiger charge is 2.38. The molecule has 7 nitrogen and oxygen atoms in total. The van der Waals surface area contributed by atoms with Gasteiger partial charge >= 0.3 is 12.1 Å². The van der Waals surface area contributed by atoms with Crippen LogP contribution in [-0.4, -0.2) is 44.2 Å². The van der Waals surface area contributed by atoms with Crippen LogP contribution >= 0.6 is 0 Å². The zero-order valence-electron chi connectivity index (χ0n) is 21.2. The Morgan fingerprint density at radius 1 is 1.14 bits per heavy atom. The first kappa shape index (κ1) is 27.9. The molecule has 0 fully saturated rings. The average molecular weight is 517 g/mol. The van der Waals surface area contributed by atoms with Crippen molar-refractivity contribution >= 4 is 17.6 Å². The van der Waals surface area contributed by atoms with Gasteiger partial charge < -0.3 is 15.0 Å². The standard InChI is InChI=1S/C25H30N4O.C2HF3O2/c1-17(2)29-16-26-21-12-13-28(15-20-8-6-5-7-9-20)24(23(21)29)25(30)27-22-14-18(3)10-11-19(22)4;3-2(4,5)1(6)7/h5-11,14,16-17,24H,12-13,15H2,1-4H3,(H,27,30);(H,6,7). The first-order valence-electron chi connectivity index (χ1n) is 11.9. The zero-order chi connectivity index (χ0) is 27.3. The molecule has 1 aliphatic rings. The number of aryl methyl sites for hydroxylation is 2. The van der Waals surface area contributed by atoms with Gasteiger partial charge in [0.2, 0.25) is 5.91 Å². The molecule has 2 N–H and O–H groups in total. The molecule has 2 aromatic carbocycles. The number of nitrogens with one attached hydrogen (secondary N) is 1. The van der Waals surface area contributed by atoms with Crippen LogP contribution in [0.5, 0.6) is 0 Å². The molecule has 0 aliphatic carbocycles. The summed E-state index contributed by atoms with van der Waals surface area (Å²) < 4.78 is 33.9. The number of hydrogen-bond acceptors (Lipinski definition) is 4. The number of benzene rings is 2. The normalized spacial score (nSPS) is 15.5. The number of fused-ring (bicyclic) bond motifs is 1. The summed E-state index contributed by atoms with van der Waals surface area (Å²) in [6.07, 6.45) is -2.34. The second kappa shape index (κ2) is 11.6. The summed E-state index contributed by atoms with van der Waals surface area (Å²) in [6.45, 7) is 9.89. The number of imidazole rings is 1. The predicted molar refractivity (Wildman–Crippen MR) is 134 cm³/mol. The highest BCUT2D eigenvalue weighted by molar-refractivity contribution is 5.96. The molecule has 0 saturated heterocycles. The maximum atomic E-state index is 13.7. The molecular weight excluding hydrogens is 485 g/mol. The van der Waals surface area contributed by atoms with Crippen LogP contribution in [0.1, 0.15) is 54.0 Å². The number of aliphatic carboxylic acids is 1. The lowest BCUT2D eigenvalue weighted by molar-refractivity contribution is -0.192. The fourth-order valence-corrected chi connectivity index (χ4v) is 4.21. The molecule has 1 unspecified atom stereocenters. The van der Waals surface area contributed by atoms with Crippen molar-refractivity contribution in [1.82, 2.24) is 14.5 Å². The predicted octanol–water partition coefficient (Wildman–Crippen LogP) is 5.45. The van der Waals surface area contributed by atoms with Crippen molar-refractivity contribution in [1.29, 1.82) is 0 Å². The van der Waals surface area contributed by atoms with E-state index in [-0.39, 0.29) is 18.0 Å². The van der Waals surface area contributed by atoms with Crippen LogP contribution in [-0.2, 0) is 22.6 Å². The van der Waals surface area contributed by atoms with Gasteiger partial charge in [0.05, 0.1) is 17.7 Å². The largest absolute Gasteiger partial charge is 0.490 e. The molecule has 198 valence electrons. The minimum Gasteiger partial charge on any atom is -0.475 e. The number of nitrogens with zero attached hydrogens (tertiary/aromatic N) is 3. The van der Waals surface area contributed by atoms with Gasteiger partial charge in [0.25, 0.3) is 0 Å². The SMILES string of the molecule is Cc1ccc(C)c(NC(=O)C2c3c(ncn3C(C)C)CCN2Cc2ccccc2)c1.O=C(O)C(F)(F)F. The van der Waals surface area contributed by atoms with Crippen LogP contribution < -0.4 is 5.32 Å². The Kier molecular flexibility index (Phi) is 8.75. The van der Waals surface area contributed by atoms with Gasteiger partial charge in [-0.3, -0.25) is 9.69 Å². The van der Waals surface area contributed by atoms with Gasteiger partial charge in [-0.2, -0.15) is 13.2 Å². The van der Waals surface area contributed by atoms with E-state index in [4.69, 9.17) is 9.90 Å². The summed E-state index contributed by atoms with van der Waals surface area (Å²) in [5.74, 6) is -2.75. The molecule has 3 aromatic rings. The Balaban J connectivity index is 0.000000479. The lowest BCUT2D eigenvalue weighted by Crippen LogP contribution is -2.42. The topological polar surface area (TPSA) is 87.5 Å². The lowest BCUT2D eigenvalue weighted by atomic mass is 9.99. The number of carboxylic acids is 1. The molecule has 1 aliphatic heterocycles. The van der Waals surface area contributed by atoms with Crippen molar-refractivity contribution in [2.75, 3.05) is 11.9 Å². The van der Waals surface area contributed by atoms with E-state index in [0.717, 1.165) is 47.7 Å². The highest BCUT2D eigenvalue weighted by atomic mass is 19.4. The zero-order valence-corrected chi connectivity index (χ0v) is 21.2. The molecule has 10 heteroatoms. The smallest absolute Gasteiger partial charge is 0.475 e. The quantitative estimate of drug-likeness (QED) is 0.471. The number of aromatic nitrogens is 2. The molecule has 0 bridgehead atoms.